The maximum absolute atomic E-state index is 12.7. The second kappa shape index (κ2) is 8.17. The second-order valence-electron chi connectivity index (χ2n) is 5.82. The number of carbonyl (C=O) groups is 1. The van der Waals surface area contributed by atoms with Crippen molar-refractivity contribution in [1.82, 2.24) is 14.5 Å². The fourth-order valence-corrected chi connectivity index (χ4v) is 2.57. The summed E-state index contributed by atoms with van der Waals surface area (Å²) >= 11 is 0. The van der Waals surface area contributed by atoms with Gasteiger partial charge in [0.25, 0.3) is 17.2 Å². The van der Waals surface area contributed by atoms with Crippen LogP contribution in [0.2, 0.25) is 0 Å². The molecule has 0 bridgehead atoms. The van der Waals surface area contributed by atoms with Gasteiger partial charge in [-0.25, -0.2) is 4.79 Å². The third-order valence-electron chi connectivity index (χ3n) is 3.99. The van der Waals surface area contributed by atoms with Crippen LogP contribution in [-0.4, -0.2) is 32.5 Å². The second-order valence-corrected chi connectivity index (χ2v) is 5.82. The summed E-state index contributed by atoms with van der Waals surface area (Å²) in [7, 11) is 1.33. The first-order chi connectivity index (χ1) is 13.9. The van der Waals surface area contributed by atoms with Crippen LogP contribution in [-0.2, 0) is 6.54 Å². The molecule has 0 aliphatic carbocycles. The Bertz CT molecular complexity index is 1190. The molecule has 3 aromatic rings. The molecule has 1 amide bonds. The van der Waals surface area contributed by atoms with Crippen LogP contribution in [0.5, 0.6) is 5.75 Å². The molecule has 11 nitrogen and oxygen atoms in total. The predicted molar refractivity (Wildman–Crippen MR) is 102 cm³/mol. The van der Waals surface area contributed by atoms with Crippen LogP contribution in [0.4, 0.5) is 11.4 Å². The topological polar surface area (TPSA) is 149 Å². The Balaban J connectivity index is 1.96. The molecule has 11 heteroatoms. The van der Waals surface area contributed by atoms with E-state index in [9.17, 15) is 24.5 Å². The molecule has 3 rings (SSSR count). The Kier molecular flexibility index (Phi) is 5.49. The predicted octanol–water partition coefficient (Wildman–Crippen LogP) is 1.15. The highest BCUT2D eigenvalue weighted by molar-refractivity contribution is 6.04. The van der Waals surface area contributed by atoms with Gasteiger partial charge in [0.1, 0.15) is 11.3 Å². The molecule has 1 aromatic carbocycles. The fraction of sp³-hybridized carbons (Fsp3) is 0.111. The third-order valence-corrected chi connectivity index (χ3v) is 3.99. The molecular formula is C18H15N5O6. The first kappa shape index (κ1) is 19.5. The van der Waals surface area contributed by atoms with Crippen LogP contribution in [0.1, 0.15) is 16.1 Å². The lowest BCUT2D eigenvalue weighted by atomic mass is 10.2. The minimum Gasteiger partial charge on any atom is -0.495 e. The molecule has 0 fully saturated rings. The molecule has 2 N–H and O–H groups in total. The Labute approximate surface area is 162 Å². The number of non-ortho nitro benzene ring substituents is 1. The lowest BCUT2D eigenvalue weighted by Crippen LogP contribution is -2.39. The van der Waals surface area contributed by atoms with E-state index in [1.165, 1.54) is 25.4 Å². The van der Waals surface area contributed by atoms with Crippen molar-refractivity contribution in [2.24, 2.45) is 0 Å². The minimum atomic E-state index is -0.861. The first-order valence-electron chi connectivity index (χ1n) is 8.27. The van der Waals surface area contributed by atoms with Gasteiger partial charge in [-0.05, 0) is 18.2 Å². The van der Waals surface area contributed by atoms with Crippen molar-refractivity contribution in [3.63, 3.8) is 0 Å². The van der Waals surface area contributed by atoms with Gasteiger partial charge in [-0.2, -0.15) is 0 Å². The molecular weight excluding hydrogens is 382 g/mol. The van der Waals surface area contributed by atoms with Crippen LogP contribution < -0.4 is 21.3 Å². The van der Waals surface area contributed by atoms with Crippen molar-refractivity contribution < 1.29 is 14.5 Å². The number of benzene rings is 1. The number of hydrogen-bond donors (Lipinski definition) is 2. The maximum Gasteiger partial charge on any atom is 0.328 e. The van der Waals surface area contributed by atoms with Crippen LogP contribution in [0.15, 0.2) is 58.4 Å². The number of aromatic amines is 1. The van der Waals surface area contributed by atoms with Crippen LogP contribution >= 0.6 is 0 Å². The molecule has 148 valence electrons. The molecule has 0 spiro atoms. The largest absolute Gasteiger partial charge is 0.495 e. The maximum atomic E-state index is 12.7. The number of aromatic nitrogens is 3. The van der Waals surface area contributed by atoms with Gasteiger partial charge in [-0.1, -0.05) is 6.07 Å². The average Bonchev–Trinajstić information content (AvgIpc) is 2.71. The number of H-pyrrole nitrogens is 1. The third kappa shape index (κ3) is 4.18. The summed E-state index contributed by atoms with van der Waals surface area (Å²) in [5, 5.41) is 13.4. The Morgan fingerprint density at radius 3 is 2.76 bits per heavy atom. The molecule has 2 aromatic heterocycles. The van der Waals surface area contributed by atoms with Gasteiger partial charge in [0.05, 0.1) is 30.0 Å². The van der Waals surface area contributed by atoms with Crippen LogP contribution in [0.3, 0.4) is 0 Å². The minimum absolute atomic E-state index is 0.00794. The highest BCUT2D eigenvalue weighted by atomic mass is 16.6. The normalized spacial score (nSPS) is 10.4. The Hall–Kier alpha value is -4.28. The number of amides is 1. The average molecular weight is 397 g/mol. The fourth-order valence-electron chi connectivity index (χ4n) is 2.57. The smallest absolute Gasteiger partial charge is 0.328 e. The standard InChI is InChI=1S/C18H15N5O6/c1-29-15-6-5-12(23(27)28)8-14(15)21-16(24)13-9-20-18(26)22(17(13)25)10-11-4-2-3-7-19-11/h2-9H,10H2,1H3,(H,20,26)(H,21,24). The number of nitrogens with one attached hydrogen (secondary N) is 2. The Morgan fingerprint density at radius 1 is 1.31 bits per heavy atom. The van der Waals surface area contributed by atoms with Crippen LogP contribution in [0, 0.1) is 10.1 Å². The van der Waals surface area contributed by atoms with E-state index in [1.807, 2.05) is 0 Å². The van der Waals surface area contributed by atoms with Gasteiger partial charge in [-0.15, -0.1) is 0 Å². The molecule has 0 saturated carbocycles. The number of pyridine rings is 1. The van der Waals surface area contributed by atoms with Gasteiger partial charge in [-0.3, -0.25) is 29.3 Å². The number of rotatable bonds is 6. The summed E-state index contributed by atoms with van der Waals surface area (Å²) < 4.78 is 5.92. The first-order valence-corrected chi connectivity index (χ1v) is 8.27. The van der Waals surface area contributed by atoms with E-state index in [-0.39, 0.29) is 29.2 Å². The highest BCUT2D eigenvalue weighted by Gasteiger charge is 2.19. The number of methoxy groups -OCH3 is 1. The monoisotopic (exact) mass is 397 g/mol. The van der Waals surface area contributed by atoms with E-state index < -0.39 is 22.1 Å². The molecule has 0 atom stereocenters. The number of ether oxygens (including phenoxy) is 1. The van der Waals surface area contributed by atoms with E-state index in [4.69, 9.17) is 4.74 Å². The lowest BCUT2D eigenvalue weighted by molar-refractivity contribution is -0.384. The number of carbonyl (C=O) groups excluding carboxylic acids is 1. The van der Waals surface area contributed by atoms with E-state index in [0.29, 0.717) is 5.69 Å². The van der Waals surface area contributed by atoms with Crippen LogP contribution in [0.25, 0.3) is 0 Å². The summed E-state index contributed by atoms with van der Waals surface area (Å²) in [6, 6.07) is 8.66. The van der Waals surface area contributed by atoms with Crippen molar-refractivity contribution in [3.05, 3.63) is 91.0 Å². The van der Waals surface area contributed by atoms with Crippen molar-refractivity contribution >= 4 is 17.3 Å². The lowest BCUT2D eigenvalue weighted by Gasteiger charge is -2.10. The van der Waals surface area contributed by atoms with Crippen molar-refractivity contribution in [1.29, 1.82) is 0 Å². The summed E-state index contributed by atoms with van der Waals surface area (Å²) in [5.74, 6) is -0.693. The summed E-state index contributed by atoms with van der Waals surface area (Å²) in [6.45, 7) is -0.129. The molecule has 0 radical (unpaired) electrons. The van der Waals surface area contributed by atoms with Gasteiger partial charge >= 0.3 is 5.69 Å². The van der Waals surface area contributed by atoms with Gasteiger partial charge in [0, 0.05) is 24.5 Å². The number of nitrogens with zero attached hydrogens (tertiary/aromatic N) is 3. The van der Waals surface area contributed by atoms with Gasteiger partial charge in [0.2, 0.25) is 0 Å². The van der Waals surface area contributed by atoms with Crippen molar-refractivity contribution in [3.8, 4) is 5.75 Å². The van der Waals surface area contributed by atoms with E-state index in [1.54, 1.807) is 18.2 Å². The Morgan fingerprint density at radius 2 is 2.10 bits per heavy atom. The number of nitro benzene ring substituents is 1. The van der Waals surface area contributed by atoms with E-state index in [0.717, 1.165) is 16.8 Å². The van der Waals surface area contributed by atoms with Crippen molar-refractivity contribution in [2.75, 3.05) is 12.4 Å². The van der Waals surface area contributed by atoms with E-state index in [2.05, 4.69) is 15.3 Å². The zero-order valence-corrected chi connectivity index (χ0v) is 15.1. The zero-order valence-electron chi connectivity index (χ0n) is 15.1. The molecule has 0 unspecified atom stereocenters. The quantitative estimate of drug-likeness (QED) is 0.468. The summed E-state index contributed by atoms with van der Waals surface area (Å²) in [4.78, 5) is 54.1. The van der Waals surface area contributed by atoms with Crippen molar-refractivity contribution in [2.45, 2.75) is 6.54 Å². The van der Waals surface area contributed by atoms with E-state index >= 15 is 0 Å². The molecule has 0 aliphatic rings. The van der Waals surface area contributed by atoms with Gasteiger partial charge in [0.15, 0.2) is 0 Å². The molecule has 29 heavy (non-hydrogen) atoms. The molecule has 2 heterocycles. The number of hydrogen-bond acceptors (Lipinski definition) is 7. The summed E-state index contributed by atoms with van der Waals surface area (Å²) in [5.41, 5.74) is -1.69. The molecule has 0 aliphatic heterocycles. The number of anilines is 1. The zero-order chi connectivity index (χ0) is 21.0. The highest BCUT2D eigenvalue weighted by Crippen LogP contribution is 2.29. The number of nitro groups is 1. The summed E-state index contributed by atoms with van der Waals surface area (Å²) in [6.07, 6.45) is 2.50. The SMILES string of the molecule is COc1ccc([N+](=O)[O-])cc1NC(=O)c1c[nH]c(=O)n(Cc2ccccn2)c1=O. The molecule has 0 saturated heterocycles. The van der Waals surface area contributed by atoms with Gasteiger partial charge < -0.3 is 15.0 Å².